The molecule has 0 aliphatic carbocycles. The minimum atomic E-state index is -0.449. The van der Waals surface area contributed by atoms with E-state index in [9.17, 15) is 4.79 Å². The Morgan fingerprint density at radius 1 is 1.25 bits per heavy atom. The van der Waals surface area contributed by atoms with Crippen molar-refractivity contribution in [2.24, 2.45) is 10.9 Å². The van der Waals surface area contributed by atoms with Crippen molar-refractivity contribution in [1.82, 2.24) is 20.4 Å². The van der Waals surface area contributed by atoms with Gasteiger partial charge in [0.05, 0.1) is 6.04 Å². The van der Waals surface area contributed by atoms with Gasteiger partial charge in [-0.05, 0) is 66.8 Å². The van der Waals surface area contributed by atoms with Crippen molar-refractivity contribution in [3.8, 4) is 0 Å². The Balaban J connectivity index is 0.00000392. The van der Waals surface area contributed by atoms with E-state index in [0.717, 1.165) is 25.6 Å². The van der Waals surface area contributed by atoms with Gasteiger partial charge in [-0.25, -0.2) is 4.79 Å². The fourth-order valence-electron chi connectivity index (χ4n) is 3.49. The molecule has 2 saturated heterocycles. The van der Waals surface area contributed by atoms with Crippen LogP contribution < -0.4 is 10.6 Å². The van der Waals surface area contributed by atoms with Crippen molar-refractivity contribution in [3.05, 3.63) is 0 Å². The minimum Gasteiger partial charge on any atom is -0.444 e. The van der Waals surface area contributed by atoms with E-state index < -0.39 is 5.60 Å². The van der Waals surface area contributed by atoms with Gasteiger partial charge in [-0.15, -0.1) is 24.0 Å². The number of carbonyl (C=O) groups is 1. The Labute approximate surface area is 188 Å². The topological polar surface area (TPSA) is 69.2 Å². The third kappa shape index (κ3) is 8.31. The van der Waals surface area contributed by atoms with E-state index in [1.54, 1.807) is 4.90 Å². The number of nitrogens with zero attached hydrogens (tertiary/aromatic N) is 3. The summed E-state index contributed by atoms with van der Waals surface area (Å²) in [7, 11) is 0. The van der Waals surface area contributed by atoms with Crippen LogP contribution in [0.3, 0.4) is 0 Å². The van der Waals surface area contributed by atoms with Gasteiger partial charge in [0.1, 0.15) is 5.60 Å². The maximum absolute atomic E-state index is 12.0. The summed E-state index contributed by atoms with van der Waals surface area (Å²) in [6.07, 6.45) is 2.27. The number of hydrogen-bond acceptors (Lipinski definition) is 4. The molecule has 0 aromatic heterocycles. The van der Waals surface area contributed by atoms with Crippen molar-refractivity contribution < 1.29 is 9.53 Å². The first-order valence-electron chi connectivity index (χ1n) is 10.4. The minimum absolute atomic E-state index is 0. The second kappa shape index (κ2) is 11.4. The van der Waals surface area contributed by atoms with Gasteiger partial charge in [0.25, 0.3) is 0 Å². The van der Waals surface area contributed by atoms with Crippen molar-refractivity contribution in [2.75, 3.05) is 39.3 Å². The number of rotatable bonds is 5. The molecule has 2 heterocycles. The summed E-state index contributed by atoms with van der Waals surface area (Å²) in [5, 5.41) is 6.78. The van der Waals surface area contributed by atoms with Crippen LogP contribution in [0.5, 0.6) is 0 Å². The molecule has 8 heteroatoms. The number of carbonyl (C=O) groups excluding carboxylic acids is 1. The van der Waals surface area contributed by atoms with Gasteiger partial charge in [-0.1, -0.05) is 0 Å². The predicted molar refractivity (Wildman–Crippen MR) is 126 cm³/mol. The summed E-state index contributed by atoms with van der Waals surface area (Å²) in [5.41, 5.74) is -0.449. The normalized spacial score (nSPS) is 21.8. The van der Waals surface area contributed by atoms with E-state index >= 15 is 0 Å². The van der Waals surface area contributed by atoms with E-state index in [4.69, 9.17) is 9.73 Å². The molecule has 0 aromatic carbocycles. The molecule has 1 amide bonds. The summed E-state index contributed by atoms with van der Waals surface area (Å²) >= 11 is 0. The highest BCUT2D eigenvalue weighted by molar-refractivity contribution is 14.0. The molecule has 7 nitrogen and oxygen atoms in total. The van der Waals surface area contributed by atoms with Gasteiger partial charge >= 0.3 is 6.09 Å². The lowest BCUT2D eigenvalue weighted by atomic mass is 9.97. The monoisotopic (exact) mass is 509 g/mol. The average Bonchev–Trinajstić information content (AvgIpc) is 2.53. The average molecular weight is 509 g/mol. The van der Waals surface area contributed by atoms with E-state index in [2.05, 4.69) is 36.3 Å². The first kappa shape index (κ1) is 25.3. The van der Waals surface area contributed by atoms with E-state index in [1.165, 1.54) is 19.4 Å². The van der Waals surface area contributed by atoms with Crippen LogP contribution in [0.2, 0.25) is 0 Å². The molecule has 2 N–H and O–H groups in total. The third-order valence-electron chi connectivity index (χ3n) is 5.01. The number of guanidine groups is 1. The lowest BCUT2D eigenvalue weighted by Gasteiger charge is -2.40. The maximum atomic E-state index is 12.0. The molecule has 164 valence electrons. The van der Waals surface area contributed by atoms with Gasteiger partial charge in [0.15, 0.2) is 5.96 Å². The highest BCUT2D eigenvalue weighted by atomic mass is 127. The van der Waals surface area contributed by atoms with E-state index in [1.807, 2.05) is 20.8 Å². The zero-order valence-corrected chi connectivity index (χ0v) is 20.8. The molecule has 1 atom stereocenters. The zero-order chi connectivity index (χ0) is 20.0. The van der Waals surface area contributed by atoms with Gasteiger partial charge in [-0.2, -0.15) is 0 Å². The summed E-state index contributed by atoms with van der Waals surface area (Å²) in [4.78, 5) is 21.1. The molecule has 2 rings (SSSR count). The van der Waals surface area contributed by atoms with Gasteiger partial charge in [0.2, 0.25) is 0 Å². The molecule has 0 aromatic rings. The highest BCUT2D eigenvalue weighted by Gasteiger charge is 2.34. The molecule has 2 aliphatic rings. The molecule has 2 aliphatic heterocycles. The predicted octanol–water partition coefficient (Wildman–Crippen LogP) is 2.90. The second-order valence-corrected chi connectivity index (χ2v) is 9.04. The van der Waals surface area contributed by atoms with Crippen LogP contribution in [0.4, 0.5) is 4.79 Å². The number of hydrogen-bond donors (Lipinski definition) is 2. The van der Waals surface area contributed by atoms with Crippen LogP contribution in [0.25, 0.3) is 0 Å². The highest BCUT2D eigenvalue weighted by Crippen LogP contribution is 2.19. The summed E-state index contributed by atoms with van der Waals surface area (Å²) in [5.74, 6) is 1.48. The van der Waals surface area contributed by atoms with Gasteiger partial charge in [0, 0.05) is 38.8 Å². The Bertz CT molecular complexity index is 515. The number of ether oxygens (including phenoxy) is 1. The van der Waals surface area contributed by atoms with Crippen molar-refractivity contribution in [3.63, 3.8) is 0 Å². The standard InChI is InChI=1S/C20H39N5O2.HI/c1-7-21-18(22-11-16-9-8-10-24(12-16)15(2)3)23-17-13-25(14-17)19(26)27-20(4,5)6;/h15-17H,7-14H2,1-6H3,(H2,21,22,23);1H. The quantitative estimate of drug-likeness (QED) is 0.339. The molecule has 28 heavy (non-hydrogen) atoms. The molecular weight excluding hydrogens is 469 g/mol. The molecule has 2 fully saturated rings. The largest absolute Gasteiger partial charge is 0.444 e. The Morgan fingerprint density at radius 3 is 2.50 bits per heavy atom. The number of piperidine rings is 1. The summed E-state index contributed by atoms with van der Waals surface area (Å²) < 4.78 is 5.41. The first-order valence-corrected chi connectivity index (χ1v) is 10.4. The number of aliphatic imine (C=N–C) groups is 1. The fourth-order valence-corrected chi connectivity index (χ4v) is 3.49. The van der Waals surface area contributed by atoms with Gasteiger partial charge < -0.3 is 25.2 Å². The summed E-state index contributed by atoms with van der Waals surface area (Å²) in [6, 6.07) is 0.839. The van der Waals surface area contributed by atoms with Crippen LogP contribution in [0.15, 0.2) is 4.99 Å². The van der Waals surface area contributed by atoms with Gasteiger partial charge in [-0.3, -0.25) is 4.99 Å². The molecule has 0 saturated carbocycles. The lowest BCUT2D eigenvalue weighted by Crippen LogP contribution is -2.63. The number of amides is 1. The summed E-state index contributed by atoms with van der Waals surface area (Å²) in [6.45, 7) is 17.6. The fraction of sp³-hybridized carbons (Fsp3) is 0.900. The Kier molecular flexibility index (Phi) is 10.3. The molecule has 0 spiro atoms. The first-order chi connectivity index (χ1) is 12.7. The number of likely N-dealkylation sites (tertiary alicyclic amines) is 2. The van der Waals surface area contributed by atoms with Crippen molar-refractivity contribution in [2.45, 2.75) is 72.1 Å². The Hall–Kier alpha value is -0.770. The van der Waals surface area contributed by atoms with Crippen LogP contribution in [-0.2, 0) is 4.74 Å². The van der Waals surface area contributed by atoms with Crippen molar-refractivity contribution >= 4 is 36.0 Å². The lowest BCUT2D eigenvalue weighted by molar-refractivity contribution is 0.00700. The molecule has 1 unspecified atom stereocenters. The number of halogens is 1. The van der Waals surface area contributed by atoms with Crippen molar-refractivity contribution in [1.29, 1.82) is 0 Å². The van der Waals surface area contributed by atoms with E-state index in [0.29, 0.717) is 25.0 Å². The SMILES string of the molecule is CCNC(=NCC1CCCN(C(C)C)C1)NC1CN(C(=O)OC(C)(C)C)C1.I. The van der Waals surface area contributed by atoms with Crippen LogP contribution in [0.1, 0.15) is 54.4 Å². The molecule has 0 radical (unpaired) electrons. The zero-order valence-electron chi connectivity index (χ0n) is 18.5. The smallest absolute Gasteiger partial charge is 0.410 e. The van der Waals surface area contributed by atoms with Crippen LogP contribution >= 0.6 is 24.0 Å². The number of nitrogens with one attached hydrogen (secondary N) is 2. The Morgan fingerprint density at radius 2 is 1.93 bits per heavy atom. The molecule has 0 bridgehead atoms. The van der Waals surface area contributed by atoms with E-state index in [-0.39, 0.29) is 36.1 Å². The van der Waals surface area contributed by atoms with Crippen LogP contribution in [-0.4, -0.2) is 78.8 Å². The maximum Gasteiger partial charge on any atom is 0.410 e. The van der Waals surface area contributed by atoms with Crippen LogP contribution in [0, 0.1) is 5.92 Å². The molecular formula is C20H40IN5O2. The third-order valence-corrected chi connectivity index (χ3v) is 5.01. The second-order valence-electron chi connectivity index (χ2n) is 9.04.